The lowest BCUT2D eigenvalue weighted by Gasteiger charge is -2.39. The van der Waals surface area contributed by atoms with E-state index in [1.54, 1.807) is 0 Å². The molecule has 0 aliphatic carbocycles. The first-order valence-electron chi connectivity index (χ1n) is 4.82. The molecule has 0 aromatic rings. The van der Waals surface area contributed by atoms with E-state index in [9.17, 15) is 8.42 Å². The number of hydrogen-bond donors (Lipinski definition) is 1. The third kappa shape index (κ3) is 2.23. The monoisotopic (exact) mass is 205 g/mol. The lowest BCUT2D eigenvalue weighted by molar-refractivity contribution is 0.204. The Labute approximate surface area is 80.6 Å². The lowest BCUT2D eigenvalue weighted by atomic mass is 9.75. The van der Waals surface area contributed by atoms with Crippen LogP contribution in [0.1, 0.15) is 26.7 Å². The Morgan fingerprint density at radius 1 is 1.46 bits per heavy atom. The fraction of sp³-hybridized carbons (Fsp3) is 1.00. The van der Waals surface area contributed by atoms with Gasteiger partial charge in [-0.3, -0.25) is 0 Å². The SMILES string of the molecule is CC(C)C1(CN)CCCS(=O)(=O)C1. The molecular weight excluding hydrogens is 186 g/mol. The van der Waals surface area contributed by atoms with Gasteiger partial charge in [0, 0.05) is 0 Å². The van der Waals surface area contributed by atoms with E-state index in [4.69, 9.17) is 5.73 Å². The normalized spacial score (nSPS) is 33.5. The average Bonchev–Trinajstić information content (AvgIpc) is 2.02. The molecule has 0 aromatic heterocycles. The Morgan fingerprint density at radius 3 is 2.38 bits per heavy atom. The maximum atomic E-state index is 11.5. The molecule has 1 saturated heterocycles. The molecule has 1 aliphatic rings. The summed E-state index contributed by atoms with van der Waals surface area (Å²) in [6, 6.07) is 0. The summed E-state index contributed by atoms with van der Waals surface area (Å²) >= 11 is 0. The highest BCUT2D eigenvalue weighted by atomic mass is 32.2. The van der Waals surface area contributed by atoms with Crippen molar-refractivity contribution in [1.82, 2.24) is 0 Å². The van der Waals surface area contributed by atoms with Crippen LogP contribution in [-0.4, -0.2) is 26.5 Å². The van der Waals surface area contributed by atoms with Crippen molar-refractivity contribution < 1.29 is 8.42 Å². The summed E-state index contributed by atoms with van der Waals surface area (Å²) in [5.74, 6) is 0.989. The van der Waals surface area contributed by atoms with Crippen molar-refractivity contribution in [2.24, 2.45) is 17.1 Å². The number of rotatable bonds is 2. The van der Waals surface area contributed by atoms with Gasteiger partial charge in [0.05, 0.1) is 11.5 Å². The summed E-state index contributed by atoms with van der Waals surface area (Å²) in [5, 5.41) is 0. The van der Waals surface area contributed by atoms with Crippen molar-refractivity contribution >= 4 is 9.84 Å². The zero-order valence-corrected chi connectivity index (χ0v) is 9.23. The van der Waals surface area contributed by atoms with Gasteiger partial charge in [-0.15, -0.1) is 0 Å². The van der Waals surface area contributed by atoms with Crippen molar-refractivity contribution in [3.8, 4) is 0 Å². The van der Waals surface area contributed by atoms with Gasteiger partial charge in [0.15, 0.2) is 9.84 Å². The molecule has 78 valence electrons. The zero-order valence-electron chi connectivity index (χ0n) is 8.41. The van der Waals surface area contributed by atoms with E-state index in [1.807, 2.05) is 0 Å². The predicted octanol–water partition coefficient (Wildman–Crippen LogP) is 0.796. The summed E-state index contributed by atoms with van der Waals surface area (Å²) in [6.07, 6.45) is 1.73. The van der Waals surface area contributed by atoms with E-state index in [2.05, 4.69) is 13.8 Å². The van der Waals surface area contributed by atoms with E-state index in [0.29, 0.717) is 18.2 Å². The predicted molar refractivity (Wildman–Crippen MR) is 54.2 cm³/mol. The van der Waals surface area contributed by atoms with Gasteiger partial charge in [0.25, 0.3) is 0 Å². The standard InChI is InChI=1S/C9H19NO2S/c1-8(2)9(6-10)4-3-5-13(11,12)7-9/h8H,3-7,10H2,1-2H3. The second-order valence-electron chi connectivity index (χ2n) is 4.42. The topological polar surface area (TPSA) is 60.2 Å². The molecule has 0 bridgehead atoms. The molecule has 1 rings (SSSR count). The summed E-state index contributed by atoms with van der Waals surface area (Å²) in [6.45, 7) is 4.62. The quantitative estimate of drug-likeness (QED) is 0.725. The maximum absolute atomic E-state index is 11.5. The molecule has 0 amide bonds. The van der Waals surface area contributed by atoms with Crippen LogP contribution in [0.5, 0.6) is 0 Å². The molecule has 3 nitrogen and oxygen atoms in total. The molecule has 0 saturated carbocycles. The smallest absolute Gasteiger partial charge is 0.150 e. The van der Waals surface area contributed by atoms with Crippen LogP contribution < -0.4 is 5.73 Å². The minimum Gasteiger partial charge on any atom is -0.330 e. The minimum atomic E-state index is -2.83. The van der Waals surface area contributed by atoms with Gasteiger partial charge < -0.3 is 5.73 Å². The van der Waals surface area contributed by atoms with Crippen molar-refractivity contribution in [1.29, 1.82) is 0 Å². The highest BCUT2D eigenvalue weighted by molar-refractivity contribution is 7.91. The lowest BCUT2D eigenvalue weighted by Crippen LogP contribution is -2.45. The fourth-order valence-corrected chi connectivity index (χ4v) is 4.28. The van der Waals surface area contributed by atoms with Crippen LogP contribution in [0.3, 0.4) is 0 Å². The molecular formula is C9H19NO2S. The molecule has 0 aromatic carbocycles. The van der Waals surface area contributed by atoms with Crippen molar-refractivity contribution in [3.63, 3.8) is 0 Å². The van der Waals surface area contributed by atoms with Crippen LogP contribution in [0.2, 0.25) is 0 Å². The van der Waals surface area contributed by atoms with Gasteiger partial charge in [-0.05, 0) is 30.7 Å². The highest BCUT2D eigenvalue weighted by Gasteiger charge is 2.40. The van der Waals surface area contributed by atoms with Gasteiger partial charge in [-0.25, -0.2) is 8.42 Å². The van der Waals surface area contributed by atoms with E-state index in [-0.39, 0.29) is 11.2 Å². The van der Waals surface area contributed by atoms with E-state index in [1.165, 1.54) is 0 Å². The summed E-state index contributed by atoms with van der Waals surface area (Å²) in [5.41, 5.74) is 5.54. The number of hydrogen-bond acceptors (Lipinski definition) is 3. The van der Waals surface area contributed by atoms with Crippen molar-refractivity contribution in [2.45, 2.75) is 26.7 Å². The second kappa shape index (κ2) is 3.58. The van der Waals surface area contributed by atoms with Gasteiger partial charge in [-0.1, -0.05) is 13.8 Å². The van der Waals surface area contributed by atoms with Gasteiger partial charge in [-0.2, -0.15) is 0 Å². The molecule has 1 atom stereocenters. The maximum Gasteiger partial charge on any atom is 0.150 e. The minimum absolute atomic E-state index is 0.156. The van der Waals surface area contributed by atoms with Gasteiger partial charge >= 0.3 is 0 Å². The summed E-state index contributed by atoms with van der Waals surface area (Å²) in [7, 11) is -2.83. The first kappa shape index (κ1) is 11.0. The molecule has 1 heterocycles. The molecule has 4 heteroatoms. The molecule has 0 spiro atoms. The van der Waals surface area contributed by atoms with Crippen LogP contribution in [-0.2, 0) is 9.84 Å². The van der Waals surface area contributed by atoms with E-state index >= 15 is 0 Å². The molecule has 1 aliphatic heterocycles. The summed E-state index contributed by atoms with van der Waals surface area (Å²) in [4.78, 5) is 0. The largest absolute Gasteiger partial charge is 0.330 e. The Hall–Kier alpha value is -0.0900. The van der Waals surface area contributed by atoms with Crippen LogP contribution in [0, 0.1) is 11.3 Å². The third-order valence-corrected chi connectivity index (χ3v) is 5.19. The average molecular weight is 205 g/mol. The Bertz CT molecular complexity index is 271. The Morgan fingerprint density at radius 2 is 2.08 bits per heavy atom. The Balaban J connectivity index is 2.89. The third-order valence-electron chi connectivity index (χ3n) is 3.27. The fourth-order valence-electron chi connectivity index (χ4n) is 2.08. The molecule has 1 unspecified atom stereocenters. The molecule has 13 heavy (non-hydrogen) atoms. The first-order valence-corrected chi connectivity index (χ1v) is 6.64. The molecule has 1 fully saturated rings. The van der Waals surface area contributed by atoms with Crippen molar-refractivity contribution in [3.05, 3.63) is 0 Å². The first-order chi connectivity index (χ1) is 5.92. The van der Waals surface area contributed by atoms with Crippen LogP contribution in [0.25, 0.3) is 0 Å². The molecule has 0 radical (unpaired) electrons. The second-order valence-corrected chi connectivity index (χ2v) is 6.60. The van der Waals surface area contributed by atoms with Gasteiger partial charge in [0.2, 0.25) is 0 Å². The van der Waals surface area contributed by atoms with E-state index in [0.717, 1.165) is 12.8 Å². The number of nitrogens with two attached hydrogens (primary N) is 1. The van der Waals surface area contributed by atoms with Crippen LogP contribution in [0.4, 0.5) is 0 Å². The zero-order chi connectivity index (χ0) is 10.1. The Kier molecular flexibility index (Phi) is 3.02. The van der Waals surface area contributed by atoms with Crippen LogP contribution in [0.15, 0.2) is 0 Å². The van der Waals surface area contributed by atoms with Crippen molar-refractivity contribution in [2.75, 3.05) is 18.1 Å². The van der Waals surface area contributed by atoms with Crippen LogP contribution >= 0.6 is 0 Å². The summed E-state index contributed by atoms with van der Waals surface area (Å²) < 4.78 is 22.9. The molecule has 2 N–H and O–H groups in total. The van der Waals surface area contributed by atoms with Gasteiger partial charge in [0.1, 0.15) is 0 Å². The number of sulfone groups is 1. The van der Waals surface area contributed by atoms with E-state index < -0.39 is 9.84 Å². The highest BCUT2D eigenvalue weighted by Crippen LogP contribution is 2.37.